The lowest BCUT2D eigenvalue weighted by Crippen LogP contribution is -2.13. The summed E-state index contributed by atoms with van der Waals surface area (Å²) in [6.45, 7) is 3.45. The van der Waals surface area contributed by atoms with Crippen LogP contribution in [0.3, 0.4) is 0 Å². The van der Waals surface area contributed by atoms with E-state index in [9.17, 15) is 9.59 Å². The molecule has 2 aromatic carbocycles. The second kappa shape index (κ2) is 8.14. The molecule has 0 bridgehead atoms. The number of carbonyl (C=O) groups excluding carboxylic acids is 2. The highest BCUT2D eigenvalue weighted by Crippen LogP contribution is 2.19. The topological polar surface area (TPSA) is 83.1 Å². The van der Waals surface area contributed by atoms with Crippen molar-refractivity contribution in [2.45, 2.75) is 13.8 Å². The summed E-state index contributed by atoms with van der Waals surface area (Å²) < 4.78 is 0. The van der Waals surface area contributed by atoms with E-state index in [0.29, 0.717) is 22.8 Å². The SMILES string of the molecule is CC(=O)Nc1cccc(NC(=O)c2ccnc(Nc3cccc(C)c3)c2)c1. The van der Waals surface area contributed by atoms with Crippen LogP contribution in [-0.2, 0) is 4.79 Å². The molecule has 0 spiro atoms. The summed E-state index contributed by atoms with van der Waals surface area (Å²) in [5.41, 5.74) is 3.73. The maximum absolute atomic E-state index is 12.6. The molecule has 0 saturated heterocycles. The van der Waals surface area contributed by atoms with Crippen molar-refractivity contribution in [3.05, 3.63) is 78.0 Å². The molecule has 6 heteroatoms. The zero-order valence-electron chi connectivity index (χ0n) is 15.1. The molecule has 0 atom stereocenters. The predicted molar refractivity (Wildman–Crippen MR) is 107 cm³/mol. The first-order valence-electron chi connectivity index (χ1n) is 8.48. The number of nitrogens with one attached hydrogen (secondary N) is 3. The van der Waals surface area contributed by atoms with Crippen molar-refractivity contribution in [3.63, 3.8) is 0 Å². The number of amides is 2. The molecular formula is C21H20N4O2. The Bertz CT molecular complexity index is 985. The van der Waals surface area contributed by atoms with Crippen molar-refractivity contribution in [1.29, 1.82) is 0 Å². The van der Waals surface area contributed by atoms with Gasteiger partial charge in [0.05, 0.1) is 0 Å². The zero-order valence-corrected chi connectivity index (χ0v) is 15.1. The van der Waals surface area contributed by atoms with Crippen LogP contribution < -0.4 is 16.0 Å². The lowest BCUT2D eigenvalue weighted by Gasteiger charge is -2.10. The molecule has 0 saturated carbocycles. The summed E-state index contributed by atoms with van der Waals surface area (Å²) in [7, 11) is 0. The Kier molecular flexibility index (Phi) is 5.47. The van der Waals surface area contributed by atoms with Crippen LogP contribution in [0.2, 0.25) is 0 Å². The summed E-state index contributed by atoms with van der Waals surface area (Å²) in [5.74, 6) is 0.157. The zero-order chi connectivity index (χ0) is 19.2. The average Bonchev–Trinajstić information content (AvgIpc) is 2.62. The Morgan fingerprint density at radius 2 is 1.56 bits per heavy atom. The van der Waals surface area contributed by atoms with E-state index in [-0.39, 0.29) is 11.8 Å². The number of nitrogens with zero attached hydrogens (tertiary/aromatic N) is 1. The van der Waals surface area contributed by atoms with Crippen LogP contribution in [0.15, 0.2) is 66.9 Å². The van der Waals surface area contributed by atoms with Crippen LogP contribution in [0.1, 0.15) is 22.8 Å². The highest BCUT2D eigenvalue weighted by molar-refractivity contribution is 6.05. The molecule has 0 fully saturated rings. The van der Waals surface area contributed by atoms with Gasteiger partial charge in [-0.15, -0.1) is 0 Å². The van der Waals surface area contributed by atoms with Crippen LogP contribution in [0.4, 0.5) is 22.9 Å². The first-order valence-corrected chi connectivity index (χ1v) is 8.48. The molecule has 27 heavy (non-hydrogen) atoms. The van der Waals surface area contributed by atoms with Gasteiger partial charge in [-0.2, -0.15) is 0 Å². The van der Waals surface area contributed by atoms with E-state index >= 15 is 0 Å². The Morgan fingerprint density at radius 3 is 2.30 bits per heavy atom. The van der Waals surface area contributed by atoms with E-state index in [2.05, 4.69) is 20.9 Å². The molecule has 0 aliphatic carbocycles. The van der Waals surface area contributed by atoms with Crippen LogP contribution in [0, 0.1) is 6.92 Å². The number of aryl methyl sites for hydroxylation is 1. The highest BCUT2D eigenvalue weighted by atomic mass is 16.2. The summed E-state index contributed by atoms with van der Waals surface area (Å²) in [5, 5.41) is 8.71. The van der Waals surface area contributed by atoms with Gasteiger partial charge in [-0.3, -0.25) is 9.59 Å². The average molecular weight is 360 g/mol. The molecule has 0 aliphatic rings. The van der Waals surface area contributed by atoms with Gasteiger partial charge >= 0.3 is 0 Å². The Morgan fingerprint density at radius 1 is 0.852 bits per heavy atom. The number of benzene rings is 2. The molecule has 3 N–H and O–H groups in total. The van der Waals surface area contributed by atoms with Gasteiger partial charge < -0.3 is 16.0 Å². The number of hydrogen-bond donors (Lipinski definition) is 3. The second-order valence-corrected chi connectivity index (χ2v) is 6.14. The Labute approximate surface area is 157 Å². The van der Waals surface area contributed by atoms with E-state index in [1.54, 1.807) is 42.6 Å². The molecule has 1 aromatic heterocycles. The quantitative estimate of drug-likeness (QED) is 0.632. The van der Waals surface area contributed by atoms with Crippen molar-refractivity contribution < 1.29 is 9.59 Å². The van der Waals surface area contributed by atoms with Gasteiger partial charge in [-0.1, -0.05) is 18.2 Å². The van der Waals surface area contributed by atoms with Gasteiger partial charge in [0.15, 0.2) is 0 Å². The van der Waals surface area contributed by atoms with Gasteiger partial charge in [-0.05, 0) is 55.0 Å². The summed E-state index contributed by atoms with van der Waals surface area (Å²) in [6.07, 6.45) is 1.58. The normalized spacial score (nSPS) is 10.1. The Balaban J connectivity index is 1.73. The first kappa shape index (κ1) is 18.1. The molecule has 3 aromatic rings. The number of hydrogen-bond acceptors (Lipinski definition) is 4. The number of anilines is 4. The minimum absolute atomic E-state index is 0.167. The van der Waals surface area contributed by atoms with E-state index in [1.807, 2.05) is 31.2 Å². The molecule has 0 aliphatic heterocycles. The number of rotatable bonds is 5. The molecular weight excluding hydrogens is 340 g/mol. The second-order valence-electron chi connectivity index (χ2n) is 6.14. The maximum atomic E-state index is 12.6. The van der Waals surface area contributed by atoms with Gasteiger partial charge in [0.2, 0.25) is 5.91 Å². The smallest absolute Gasteiger partial charge is 0.255 e. The molecule has 3 rings (SSSR count). The van der Waals surface area contributed by atoms with Gasteiger partial charge in [0.25, 0.3) is 5.91 Å². The number of aromatic nitrogens is 1. The summed E-state index contributed by atoms with van der Waals surface area (Å²) in [4.78, 5) is 28.0. The predicted octanol–water partition coefficient (Wildman–Crippen LogP) is 4.34. The van der Waals surface area contributed by atoms with Crippen LogP contribution in [-0.4, -0.2) is 16.8 Å². The summed E-state index contributed by atoms with van der Waals surface area (Å²) in [6, 6.07) is 18.2. The van der Waals surface area contributed by atoms with Crippen LogP contribution >= 0.6 is 0 Å². The monoisotopic (exact) mass is 360 g/mol. The molecule has 1 heterocycles. The van der Waals surface area contributed by atoms with Gasteiger partial charge in [0, 0.05) is 35.7 Å². The van der Waals surface area contributed by atoms with Crippen molar-refractivity contribution in [2.24, 2.45) is 0 Å². The van der Waals surface area contributed by atoms with E-state index in [0.717, 1.165) is 11.3 Å². The fourth-order valence-corrected chi connectivity index (χ4v) is 2.59. The Hall–Kier alpha value is -3.67. The van der Waals surface area contributed by atoms with Crippen molar-refractivity contribution in [2.75, 3.05) is 16.0 Å². The fourth-order valence-electron chi connectivity index (χ4n) is 2.59. The standard InChI is InChI=1S/C21H20N4O2/c1-14-5-3-6-17(11-14)24-20-12-16(9-10-22-20)21(27)25-19-8-4-7-18(13-19)23-15(2)26/h3-13H,1-2H3,(H,22,24)(H,23,26)(H,25,27). The largest absolute Gasteiger partial charge is 0.340 e. The lowest BCUT2D eigenvalue weighted by atomic mass is 10.2. The fraction of sp³-hybridized carbons (Fsp3) is 0.0952. The van der Waals surface area contributed by atoms with E-state index in [1.165, 1.54) is 6.92 Å². The molecule has 6 nitrogen and oxygen atoms in total. The first-order chi connectivity index (χ1) is 13.0. The third-order valence-electron chi connectivity index (χ3n) is 3.75. The minimum Gasteiger partial charge on any atom is -0.340 e. The molecule has 0 radical (unpaired) electrons. The van der Waals surface area contributed by atoms with Crippen molar-refractivity contribution in [3.8, 4) is 0 Å². The third-order valence-corrected chi connectivity index (χ3v) is 3.75. The minimum atomic E-state index is -0.260. The van der Waals surface area contributed by atoms with Crippen LogP contribution in [0.5, 0.6) is 0 Å². The summed E-state index contributed by atoms with van der Waals surface area (Å²) >= 11 is 0. The van der Waals surface area contributed by atoms with Crippen molar-refractivity contribution >= 4 is 34.7 Å². The molecule has 2 amide bonds. The molecule has 0 unspecified atom stereocenters. The van der Waals surface area contributed by atoms with Gasteiger partial charge in [-0.25, -0.2) is 4.98 Å². The van der Waals surface area contributed by atoms with E-state index in [4.69, 9.17) is 0 Å². The van der Waals surface area contributed by atoms with E-state index < -0.39 is 0 Å². The number of pyridine rings is 1. The van der Waals surface area contributed by atoms with Gasteiger partial charge in [0.1, 0.15) is 5.82 Å². The van der Waals surface area contributed by atoms with Crippen LogP contribution in [0.25, 0.3) is 0 Å². The van der Waals surface area contributed by atoms with Crippen molar-refractivity contribution in [1.82, 2.24) is 4.98 Å². The highest BCUT2D eigenvalue weighted by Gasteiger charge is 2.08. The number of carbonyl (C=O) groups is 2. The molecule has 136 valence electrons. The lowest BCUT2D eigenvalue weighted by molar-refractivity contribution is -0.114. The third kappa shape index (κ3) is 5.15. The maximum Gasteiger partial charge on any atom is 0.255 e.